The zero-order valence-corrected chi connectivity index (χ0v) is 9.92. The van der Waals surface area contributed by atoms with Crippen LogP contribution in [0.1, 0.15) is 49.7 Å². The van der Waals surface area contributed by atoms with Crippen molar-refractivity contribution in [2.24, 2.45) is 5.84 Å². The maximum absolute atomic E-state index is 5.55. The molecule has 88 valence electrons. The first kappa shape index (κ1) is 11.3. The van der Waals surface area contributed by atoms with Gasteiger partial charge in [-0.15, -0.1) is 0 Å². The Hall–Kier alpha value is -1.16. The molecule has 1 aliphatic rings. The second kappa shape index (κ2) is 5.25. The number of hydrazine groups is 1. The zero-order chi connectivity index (χ0) is 11.4. The molecular formula is C12H20N4. The van der Waals surface area contributed by atoms with Crippen LogP contribution >= 0.6 is 0 Å². The van der Waals surface area contributed by atoms with Crippen LogP contribution in [-0.2, 0) is 19.3 Å². The summed E-state index contributed by atoms with van der Waals surface area (Å²) in [5.41, 5.74) is 5.18. The van der Waals surface area contributed by atoms with E-state index < -0.39 is 0 Å². The Morgan fingerprint density at radius 2 is 2.00 bits per heavy atom. The van der Waals surface area contributed by atoms with Gasteiger partial charge in [-0.2, -0.15) is 0 Å². The lowest BCUT2D eigenvalue weighted by atomic mass is 10.1. The molecule has 0 saturated carbocycles. The molecule has 16 heavy (non-hydrogen) atoms. The summed E-state index contributed by atoms with van der Waals surface area (Å²) in [5, 5.41) is 0. The minimum Gasteiger partial charge on any atom is -0.308 e. The maximum atomic E-state index is 5.55. The summed E-state index contributed by atoms with van der Waals surface area (Å²) in [6.45, 7) is 2.14. The van der Waals surface area contributed by atoms with Gasteiger partial charge < -0.3 is 5.43 Å². The fourth-order valence-electron chi connectivity index (χ4n) is 2.28. The van der Waals surface area contributed by atoms with Crippen molar-refractivity contribution in [1.29, 1.82) is 0 Å². The quantitative estimate of drug-likeness (QED) is 0.464. The van der Waals surface area contributed by atoms with Crippen LogP contribution in [-0.4, -0.2) is 9.97 Å². The normalized spacial score (nSPS) is 15.4. The Bertz CT molecular complexity index is 362. The molecule has 0 bridgehead atoms. The molecular weight excluding hydrogens is 200 g/mol. The van der Waals surface area contributed by atoms with Gasteiger partial charge in [-0.1, -0.05) is 13.3 Å². The van der Waals surface area contributed by atoms with Crippen LogP contribution in [0.5, 0.6) is 0 Å². The average molecular weight is 220 g/mol. The van der Waals surface area contributed by atoms with Gasteiger partial charge in [0.15, 0.2) is 0 Å². The van der Waals surface area contributed by atoms with E-state index in [9.17, 15) is 0 Å². The molecule has 0 atom stereocenters. The molecule has 1 aliphatic carbocycles. The summed E-state index contributed by atoms with van der Waals surface area (Å²) in [6.07, 6.45) is 7.87. The highest BCUT2D eigenvalue weighted by atomic mass is 15.3. The number of hydrogen-bond acceptors (Lipinski definition) is 4. The van der Waals surface area contributed by atoms with E-state index in [4.69, 9.17) is 5.84 Å². The Kier molecular flexibility index (Phi) is 3.72. The third-order valence-corrected chi connectivity index (χ3v) is 3.09. The molecule has 0 aromatic carbocycles. The number of anilines is 1. The number of fused-ring (bicyclic) bond motifs is 1. The SMILES string of the molecule is CCCc1nc2c(c(NN)n1)CCCCC2. The van der Waals surface area contributed by atoms with Crippen molar-refractivity contribution in [1.82, 2.24) is 9.97 Å². The Labute approximate surface area is 96.6 Å². The van der Waals surface area contributed by atoms with Crippen LogP contribution in [0.3, 0.4) is 0 Å². The number of nitrogens with one attached hydrogen (secondary N) is 1. The van der Waals surface area contributed by atoms with Crippen molar-refractivity contribution in [2.75, 3.05) is 5.43 Å². The highest BCUT2D eigenvalue weighted by molar-refractivity contribution is 5.46. The number of hydrogen-bond donors (Lipinski definition) is 2. The van der Waals surface area contributed by atoms with Gasteiger partial charge in [0.2, 0.25) is 0 Å². The molecule has 0 amide bonds. The predicted octanol–water partition coefficient (Wildman–Crippen LogP) is 1.98. The molecule has 0 spiro atoms. The lowest BCUT2D eigenvalue weighted by Gasteiger charge is -2.12. The van der Waals surface area contributed by atoms with Crippen LogP contribution < -0.4 is 11.3 Å². The maximum Gasteiger partial charge on any atom is 0.147 e. The monoisotopic (exact) mass is 220 g/mol. The lowest BCUT2D eigenvalue weighted by Crippen LogP contribution is -2.15. The first-order valence-electron chi connectivity index (χ1n) is 6.20. The predicted molar refractivity (Wildman–Crippen MR) is 65.1 cm³/mol. The minimum absolute atomic E-state index is 0.843. The van der Waals surface area contributed by atoms with E-state index in [1.807, 2.05) is 0 Å². The number of nitrogens with two attached hydrogens (primary N) is 1. The van der Waals surface area contributed by atoms with Crippen LogP contribution in [0, 0.1) is 0 Å². The molecule has 4 heteroatoms. The largest absolute Gasteiger partial charge is 0.308 e. The van der Waals surface area contributed by atoms with E-state index in [1.54, 1.807) is 0 Å². The minimum atomic E-state index is 0.843. The second-order valence-electron chi connectivity index (χ2n) is 4.37. The van der Waals surface area contributed by atoms with Gasteiger partial charge in [-0.3, -0.25) is 0 Å². The van der Waals surface area contributed by atoms with Crippen LogP contribution in [0.2, 0.25) is 0 Å². The smallest absolute Gasteiger partial charge is 0.147 e. The fourth-order valence-corrected chi connectivity index (χ4v) is 2.28. The van der Waals surface area contributed by atoms with Crippen molar-refractivity contribution in [3.63, 3.8) is 0 Å². The van der Waals surface area contributed by atoms with E-state index in [0.717, 1.165) is 37.3 Å². The van der Waals surface area contributed by atoms with Gasteiger partial charge in [-0.25, -0.2) is 15.8 Å². The van der Waals surface area contributed by atoms with E-state index in [1.165, 1.54) is 30.5 Å². The molecule has 1 aromatic heterocycles. The summed E-state index contributed by atoms with van der Waals surface area (Å²) >= 11 is 0. The molecule has 0 saturated heterocycles. The third kappa shape index (κ3) is 2.32. The summed E-state index contributed by atoms with van der Waals surface area (Å²) in [6, 6.07) is 0. The molecule has 4 nitrogen and oxygen atoms in total. The number of aromatic nitrogens is 2. The van der Waals surface area contributed by atoms with Gasteiger partial charge >= 0.3 is 0 Å². The number of nitrogens with zero attached hydrogens (tertiary/aromatic N) is 2. The number of aryl methyl sites for hydroxylation is 2. The Morgan fingerprint density at radius 3 is 2.75 bits per heavy atom. The highest BCUT2D eigenvalue weighted by Crippen LogP contribution is 2.24. The fraction of sp³-hybridized carbons (Fsp3) is 0.667. The van der Waals surface area contributed by atoms with Crippen molar-refractivity contribution in [3.8, 4) is 0 Å². The molecule has 3 N–H and O–H groups in total. The summed E-state index contributed by atoms with van der Waals surface area (Å²) in [7, 11) is 0. The van der Waals surface area contributed by atoms with Crippen molar-refractivity contribution in [2.45, 2.75) is 51.9 Å². The van der Waals surface area contributed by atoms with Crippen LogP contribution in [0.25, 0.3) is 0 Å². The summed E-state index contributed by atoms with van der Waals surface area (Å²) < 4.78 is 0. The van der Waals surface area contributed by atoms with Gasteiger partial charge in [0.25, 0.3) is 0 Å². The highest BCUT2D eigenvalue weighted by Gasteiger charge is 2.15. The molecule has 0 aliphatic heterocycles. The average Bonchev–Trinajstić information content (AvgIpc) is 2.53. The van der Waals surface area contributed by atoms with E-state index in [0.29, 0.717) is 0 Å². The van der Waals surface area contributed by atoms with Crippen LogP contribution in [0.15, 0.2) is 0 Å². The standard InChI is InChI=1S/C12H20N4/c1-2-6-11-14-10-8-5-3-4-7-9(10)12(15-11)16-13/h2-8,13H2,1H3,(H,14,15,16). The second-order valence-corrected chi connectivity index (χ2v) is 4.37. The first-order valence-corrected chi connectivity index (χ1v) is 6.20. The van der Waals surface area contributed by atoms with Gasteiger partial charge in [-0.05, 0) is 32.1 Å². The summed E-state index contributed by atoms with van der Waals surface area (Å²) in [5.74, 6) is 7.32. The zero-order valence-electron chi connectivity index (χ0n) is 9.92. The van der Waals surface area contributed by atoms with Crippen molar-refractivity contribution < 1.29 is 0 Å². The Morgan fingerprint density at radius 1 is 1.19 bits per heavy atom. The topological polar surface area (TPSA) is 63.8 Å². The van der Waals surface area contributed by atoms with E-state index >= 15 is 0 Å². The Balaban J connectivity index is 2.38. The molecule has 1 heterocycles. The molecule has 2 rings (SSSR count). The van der Waals surface area contributed by atoms with Gasteiger partial charge in [0.05, 0.1) is 0 Å². The molecule has 0 fully saturated rings. The van der Waals surface area contributed by atoms with Crippen molar-refractivity contribution >= 4 is 5.82 Å². The molecule has 0 unspecified atom stereocenters. The summed E-state index contributed by atoms with van der Waals surface area (Å²) in [4.78, 5) is 9.15. The molecule has 0 radical (unpaired) electrons. The van der Waals surface area contributed by atoms with E-state index in [-0.39, 0.29) is 0 Å². The molecule has 1 aromatic rings. The van der Waals surface area contributed by atoms with Gasteiger partial charge in [0, 0.05) is 17.7 Å². The lowest BCUT2D eigenvalue weighted by molar-refractivity contribution is 0.707. The van der Waals surface area contributed by atoms with E-state index in [2.05, 4.69) is 22.3 Å². The first-order chi connectivity index (χ1) is 7.85. The number of nitrogen functional groups attached to an aromatic ring is 1. The number of rotatable bonds is 3. The van der Waals surface area contributed by atoms with Crippen molar-refractivity contribution in [3.05, 3.63) is 17.1 Å². The third-order valence-electron chi connectivity index (χ3n) is 3.09. The van der Waals surface area contributed by atoms with Gasteiger partial charge in [0.1, 0.15) is 11.6 Å². The van der Waals surface area contributed by atoms with Crippen LogP contribution in [0.4, 0.5) is 5.82 Å².